The fourth-order valence-electron chi connectivity index (χ4n) is 5.03. The normalized spacial score (nSPS) is 25.8. The Labute approximate surface area is 229 Å². The minimum atomic E-state index is -1.14. The lowest BCUT2D eigenvalue weighted by molar-refractivity contribution is -0.129. The van der Waals surface area contributed by atoms with Crippen LogP contribution in [-0.4, -0.2) is 60.5 Å². The third-order valence-electron chi connectivity index (χ3n) is 7.17. The number of carbonyl (C=O) groups is 2. The van der Waals surface area contributed by atoms with E-state index in [2.05, 4.69) is 21.3 Å². The number of fused-ring (bicyclic) bond motifs is 1. The SMILES string of the molecule is C[C@H]1NC(=O)C2(CCCC2)NCCOc2ccccc2/C=C/CNC(=O)[C@@H](Cc2cccc(Cl)c2)NC1O. The number of ether oxygens (including phenoxy) is 1. The summed E-state index contributed by atoms with van der Waals surface area (Å²) in [7, 11) is 0. The van der Waals surface area contributed by atoms with E-state index < -0.39 is 23.9 Å². The third kappa shape index (κ3) is 7.35. The molecular weight excluding hydrogens is 504 g/mol. The first-order valence-electron chi connectivity index (χ1n) is 13.3. The van der Waals surface area contributed by atoms with Crippen LogP contribution >= 0.6 is 11.6 Å². The molecule has 2 aromatic carbocycles. The van der Waals surface area contributed by atoms with Gasteiger partial charge in [-0.15, -0.1) is 0 Å². The van der Waals surface area contributed by atoms with Gasteiger partial charge in [-0.05, 0) is 49.9 Å². The topological polar surface area (TPSA) is 112 Å². The molecule has 0 bridgehead atoms. The van der Waals surface area contributed by atoms with Crippen molar-refractivity contribution in [2.45, 2.75) is 62.9 Å². The molecule has 0 saturated heterocycles. The lowest BCUT2D eigenvalue weighted by Gasteiger charge is -2.33. The molecule has 1 aliphatic heterocycles. The van der Waals surface area contributed by atoms with E-state index in [1.54, 1.807) is 19.1 Å². The number of carbonyl (C=O) groups excluding carboxylic acids is 2. The van der Waals surface area contributed by atoms with Gasteiger partial charge in [0, 0.05) is 23.7 Å². The maximum absolute atomic E-state index is 13.4. The fourth-order valence-corrected chi connectivity index (χ4v) is 5.25. The van der Waals surface area contributed by atoms with Gasteiger partial charge in [-0.3, -0.25) is 20.2 Å². The molecule has 38 heavy (non-hydrogen) atoms. The van der Waals surface area contributed by atoms with E-state index in [0.29, 0.717) is 44.0 Å². The molecule has 8 nitrogen and oxygen atoms in total. The number of hydrogen-bond acceptors (Lipinski definition) is 6. The van der Waals surface area contributed by atoms with Gasteiger partial charge in [-0.25, -0.2) is 0 Å². The highest BCUT2D eigenvalue weighted by molar-refractivity contribution is 6.30. The second kappa shape index (κ2) is 13.2. The number of aliphatic hydroxyl groups is 1. The fraction of sp³-hybridized carbons (Fsp3) is 0.448. The van der Waals surface area contributed by atoms with E-state index >= 15 is 0 Å². The highest BCUT2D eigenvalue weighted by Gasteiger charge is 2.41. The summed E-state index contributed by atoms with van der Waals surface area (Å²) in [6.07, 6.45) is 6.28. The number of benzene rings is 2. The van der Waals surface area contributed by atoms with Crippen LogP contribution in [0.4, 0.5) is 0 Å². The van der Waals surface area contributed by atoms with Crippen molar-refractivity contribution in [1.29, 1.82) is 0 Å². The maximum Gasteiger partial charge on any atom is 0.240 e. The summed E-state index contributed by atoms with van der Waals surface area (Å²) in [5.74, 6) is 0.315. The summed E-state index contributed by atoms with van der Waals surface area (Å²) in [6, 6.07) is 13.6. The molecule has 1 saturated carbocycles. The van der Waals surface area contributed by atoms with Crippen molar-refractivity contribution in [3.05, 3.63) is 70.8 Å². The van der Waals surface area contributed by atoms with Crippen LogP contribution in [0.2, 0.25) is 5.02 Å². The van der Waals surface area contributed by atoms with Crippen LogP contribution in [0.3, 0.4) is 0 Å². The average molecular weight is 541 g/mol. The van der Waals surface area contributed by atoms with Crippen molar-refractivity contribution in [3.63, 3.8) is 0 Å². The molecule has 2 aliphatic rings. The van der Waals surface area contributed by atoms with Gasteiger partial charge in [0.15, 0.2) is 0 Å². The predicted molar refractivity (Wildman–Crippen MR) is 149 cm³/mol. The zero-order chi connectivity index (χ0) is 27.0. The van der Waals surface area contributed by atoms with Crippen LogP contribution in [0, 0.1) is 0 Å². The first-order chi connectivity index (χ1) is 18.4. The van der Waals surface area contributed by atoms with Crippen LogP contribution in [-0.2, 0) is 16.0 Å². The number of nitrogens with one attached hydrogen (secondary N) is 4. The van der Waals surface area contributed by atoms with Crippen molar-refractivity contribution in [3.8, 4) is 5.75 Å². The summed E-state index contributed by atoms with van der Waals surface area (Å²) in [6.45, 7) is 2.95. The van der Waals surface area contributed by atoms with Gasteiger partial charge >= 0.3 is 0 Å². The average Bonchev–Trinajstić information content (AvgIpc) is 3.39. The Morgan fingerprint density at radius 3 is 2.68 bits per heavy atom. The molecule has 1 heterocycles. The van der Waals surface area contributed by atoms with Crippen LogP contribution in [0.25, 0.3) is 6.08 Å². The van der Waals surface area contributed by atoms with Gasteiger partial charge in [0.1, 0.15) is 18.6 Å². The van der Waals surface area contributed by atoms with Gasteiger partial charge < -0.3 is 20.5 Å². The van der Waals surface area contributed by atoms with Crippen molar-refractivity contribution in [2.24, 2.45) is 0 Å². The second-order valence-electron chi connectivity index (χ2n) is 10.0. The van der Waals surface area contributed by atoms with E-state index in [0.717, 1.165) is 29.7 Å². The highest BCUT2D eigenvalue weighted by atomic mass is 35.5. The largest absolute Gasteiger partial charge is 0.492 e. The molecule has 2 aromatic rings. The highest BCUT2D eigenvalue weighted by Crippen LogP contribution is 2.30. The summed E-state index contributed by atoms with van der Waals surface area (Å²) >= 11 is 6.16. The second-order valence-corrected chi connectivity index (χ2v) is 10.4. The van der Waals surface area contributed by atoms with Crippen LogP contribution < -0.4 is 26.0 Å². The maximum atomic E-state index is 13.4. The third-order valence-corrected chi connectivity index (χ3v) is 7.41. The Morgan fingerprint density at radius 1 is 1.11 bits per heavy atom. The molecular formula is C29H37ClN4O4. The Morgan fingerprint density at radius 2 is 1.89 bits per heavy atom. The quantitative estimate of drug-likeness (QED) is 0.400. The van der Waals surface area contributed by atoms with E-state index in [1.165, 1.54) is 0 Å². The minimum Gasteiger partial charge on any atom is -0.492 e. The molecule has 1 spiro atoms. The van der Waals surface area contributed by atoms with Crippen LogP contribution in [0.5, 0.6) is 5.75 Å². The molecule has 1 fully saturated rings. The predicted octanol–water partition coefficient (Wildman–Crippen LogP) is 2.79. The number of amides is 2. The van der Waals surface area contributed by atoms with Gasteiger partial charge in [0.05, 0.1) is 17.6 Å². The van der Waals surface area contributed by atoms with E-state index in [1.807, 2.05) is 48.6 Å². The lowest BCUT2D eigenvalue weighted by atomic mass is 9.95. The van der Waals surface area contributed by atoms with Gasteiger partial charge in [-0.2, -0.15) is 0 Å². The molecule has 1 aliphatic carbocycles. The summed E-state index contributed by atoms with van der Waals surface area (Å²) in [5.41, 5.74) is 1.04. The Kier molecular flexibility index (Phi) is 9.80. The molecule has 0 radical (unpaired) electrons. The summed E-state index contributed by atoms with van der Waals surface area (Å²) in [5, 5.41) is 23.9. The van der Waals surface area contributed by atoms with Crippen LogP contribution in [0.1, 0.15) is 43.7 Å². The number of hydrogen-bond donors (Lipinski definition) is 5. The zero-order valence-electron chi connectivity index (χ0n) is 21.7. The van der Waals surface area contributed by atoms with E-state index in [-0.39, 0.29) is 11.8 Å². The molecule has 0 aromatic heterocycles. The first kappa shape index (κ1) is 28.1. The molecule has 1 unspecified atom stereocenters. The Hall–Kier alpha value is -2.91. The number of aliphatic hydroxyl groups excluding tert-OH is 1. The van der Waals surface area contributed by atoms with Crippen molar-refractivity contribution < 1.29 is 19.4 Å². The van der Waals surface area contributed by atoms with E-state index in [4.69, 9.17) is 16.3 Å². The molecule has 9 heteroatoms. The van der Waals surface area contributed by atoms with Gasteiger partial charge in [0.25, 0.3) is 0 Å². The Bertz CT molecular complexity index is 1140. The lowest BCUT2D eigenvalue weighted by Crippen LogP contribution is -2.61. The van der Waals surface area contributed by atoms with Crippen molar-refractivity contribution in [1.82, 2.24) is 21.3 Å². The summed E-state index contributed by atoms with van der Waals surface area (Å²) in [4.78, 5) is 26.6. The van der Waals surface area contributed by atoms with Gasteiger partial charge in [0.2, 0.25) is 11.8 Å². The minimum absolute atomic E-state index is 0.149. The number of halogens is 1. The standard InChI is InChI=1S/C29H37ClN4O4/c1-20-26(35)34-24(19-21-8-6-11-23(30)18-21)27(36)31-15-7-10-22-9-2-3-12-25(22)38-17-16-32-29(28(37)33-20)13-4-5-14-29/h2-3,6-12,18,20,24,26,32,34-35H,4-5,13-17,19H2,1H3,(H,31,36)(H,33,37)/b10-7+/t20-,24-,26?/m1/s1. The number of para-hydroxylation sites is 1. The van der Waals surface area contributed by atoms with Crippen LogP contribution in [0.15, 0.2) is 54.6 Å². The summed E-state index contributed by atoms with van der Waals surface area (Å²) < 4.78 is 6.03. The molecule has 204 valence electrons. The molecule has 3 atom stereocenters. The first-order valence-corrected chi connectivity index (χ1v) is 13.6. The van der Waals surface area contributed by atoms with Crippen molar-refractivity contribution >= 4 is 29.5 Å². The molecule has 5 N–H and O–H groups in total. The molecule has 4 rings (SSSR count). The zero-order valence-corrected chi connectivity index (χ0v) is 22.5. The number of rotatable bonds is 2. The Balaban J connectivity index is 1.57. The smallest absolute Gasteiger partial charge is 0.240 e. The monoisotopic (exact) mass is 540 g/mol. The van der Waals surface area contributed by atoms with Crippen molar-refractivity contribution in [2.75, 3.05) is 19.7 Å². The van der Waals surface area contributed by atoms with Gasteiger partial charge in [-0.1, -0.05) is 66.9 Å². The molecule has 2 amide bonds. The van der Waals surface area contributed by atoms with E-state index in [9.17, 15) is 14.7 Å².